The molecule has 2 rings (SSSR count). The zero-order valence-corrected chi connectivity index (χ0v) is 10.3. The van der Waals surface area contributed by atoms with Gasteiger partial charge in [-0.15, -0.1) is 0 Å². The number of carbonyl (C=O) groups is 1. The molecule has 0 bridgehead atoms. The summed E-state index contributed by atoms with van der Waals surface area (Å²) in [6.45, 7) is 2.31. The number of nitrogens with zero attached hydrogens (tertiary/aromatic N) is 1. The standard InChI is InChI=1S/C12H23N3O2/c13-10-2-6-15(7-3-10)8-11(17)14-12(9-16)4-1-5-12/h10,16H,1-9,13H2,(H,14,17). The van der Waals surface area contributed by atoms with E-state index in [1.165, 1.54) is 0 Å². The van der Waals surface area contributed by atoms with Crippen LogP contribution in [0.1, 0.15) is 32.1 Å². The van der Waals surface area contributed by atoms with E-state index in [2.05, 4.69) is 10.2 Å². The van der Waals surface area contributed by atoms with Gasteiger partial charge in [0, 0.05) is 19.1 Å². The molecule has 5 nitrogen and oxygen atoms in total. The lowest BCUT2D eigenvalue weighted by atomic mass is 9.77. The lowest BCUT2D eigenvalue weighted by molar-refractivity contribution is -0.126. The van der Waals surface area contributed by atoms with Crippen LogP contribution in [0.25, 0.3) is 0 Å². The summed E-state index contributed by atoms with van der Waals surface area (Å²) < 4.78 is 0. The minimum Gasteiger partial charge on any atom is -0.394 e. The Morgan fingerprint density at radius 2 is 2.06 bits per heavy atom. The Hall–Kier alpha value is -0.650. The summed E-state index contributed by atoms with van der Waals surface area (Å²) in [5.74, 6) is 0.0363. The Balaban J connectivity index is 1.73. The lowest BCUT2D eigenvalue weighted by Gasteiger charge is -2.41. The molecule has 98 valence electrons. The number of hydrogen-bond donors (Lipinski definition) is 3. The summed E-state index contributed by atoms with van der Waals surface area (Å²) in [6.07, 6.45) is 4.84. The molecule has 4 N–H and O–H groups in total. The molecule has 1 saturated carbocycles. The fraction of sp³-hybridized carbons (Fsp3) is 0.917. The van der Waals surface area contributed by atoms with Crippen LogP contribution in [0.2, 0.25) is 0 Å². The molecule has 0 atom stereocenters. The average molecular weight is 241 g/mol. The number of rotatable bonds is 4. The third-order valence-electron chi connectivity index (χ3n) is 4.02. The van der Waals surface area contributed by atoms with Crippen molar-refractivity contribution >= 4 is 5.91 Å². The first-order chi connectivity index (χ1) is 8.13. The van der Waals surface area contributed by atoms with E-state index in [0.717, 1.165) is 45.2 Å². The summed E-state index contributed by atoms with van der Waals surface area (Å²) in [6, 6.07) is 0.296. The van der Waals surface area contributed by atoms with E-state index in [-0.39, 0.29) is 18.1 Å². The van der Waals surface area contributed by atoms with Crippen LogP contribution < -0.4 is 11.1 Å². The van der Waals surface area contributed by atoms with Crippen LogP contribution in [0.4, 0.5) is 0 Å². The quantitative estimate of drug-likeness (QED) is 0.616. The molecule has 1 aliphatic heterocycles. The van der Waals surface area contributed by atoms with Crippen LogP contribution in [-0.4, -0.2) is 53.7 Å². The van der Waals surface area contributed by atoms with E-state index < -0.39 is 0 Å². The van der Waals surface area contributed by atoms with Crippen molar-refractivity contribution in [2.45, 2.75) is 43.7 Å². The van der Waals surface area contributed by atoms with Gasteiger partial charge in [-0.1, -0.05) is 0 Å². The van der Waals surface area contributed by atoms with Crippen LogP contribution >= 0.6 is 0 Å². The van der Waals surface area contributed by atoms with Crippen LogP contribution in [0, 0.1) is 0 Å². The minimum atomic E-state index is -0.316. The predicted molar refractivity (Wildman–Crippen MR) is 65.5 cm³/mol. The molecule has 2 fully saturated rings. The number of nitrogens with two attached hydrogens (primary N) is 1. The minimum absolute atomic E-state index is 0.0363. The maximum atomic E-state index is 11.9. The van der Waals surface area contributed by atoms with Crippen LogP contribution in [-0.2, 0) is 4.79 Å². The molecule has 1 amide bonds. The van der Waals surface area contributed by atoms with E-state index in [0.29, 0.717) is 12.6 Å². The van der Waals surface area contributed by atoms with Crippen molar-refractivity contribution in [2.24, 2.45) is 5.73 Å². The molecular weight excluding hydrogens is 218 g/mol. The number of amides is 1. The van der Waals surface area contributed by atoms with Crippen molar-refractivity contribution < 1.29 is 9.90 Å². The third kappa shape index (κ3) is 3.18. The second kappa shape index (κ2) is 5.33. The highest BCUT2D eigenvalue weighted by atomic mass is 16.3. The SMILES string of the molecule is NC1CCN(CC(=O)NC2(CO)CCC2)CC1. The van der Waals surface area contributed by atoms with Gasteiger partial charge in [-0.25, -0.2) is 0 Å². The van der Waals surface area contributed by atoms with E-state index in [1.54, 1.807) is 0 Å². The summed E-state index contributed by atoms with van der Waals surface area (Å²) in [5.41, 5.74) is 5.51. The fourth-order valence-electron chi connectivity index (χ4n) is 2.58. The van der Waals surface area contributed by atoms with Gasteiger partial charge in [-0.3, -0.25) is 9.69 Å². The van der Waals surface area contributed by atoms with Gasteiger partial charge in [0.15, 0.2) is 0 Å². The molecule has 0 radical (unpaired) electrons. The summed E-state index contributed by atoms with van der Waals surface area (Å²) >= 11 is 0. The summed E-state index contributed by atoms with van der Waals surface area (Å²) in [5, 5.41) is 12.3. The molecule has 1 heterocycles. The molecule has 5 heteroatoms. The van der Waals surface area contributed by atoms with Crippen molar-refractivity contribution in [2.75, 3.05) is 26.2 Å². The zero-order valence-electron chi connectivity index (χ0n) is 10.3. The number of nitrogens with one attached hydrogen (secondary N) is 1. The smallest absolute Gasteiger partial charge is 0.234 e. The van der Waals surface area contributed by atoms with E-state index in [4.69, 9.17) is 5.73 Å². The van der Waals surface area contributed by atoms with Crippen LogP contribution in [0.3, 0.4) is 0 Å². The van der Waals surface area contributed by atoms with Gasteiger partial charge in [0.25, 0.3) is 0 Å². The highest BCUT2D eigenvalue weighted by Crippen LogP contribution is 2.31. The molecule has 0 aromatic rings. The van der Waals surface area contributed by atoms with Crippen molar-refractivity contribution in [3.8, 4) is 0 Å². The maximum absolute atomic E-state index is 11.9. The highest BCUT2D eigenvalue weighted by Gasteiger charge is 2.37. The number of likely N-dealkylation sites (tertiary alicyclic amines) is 1. The van der Waals surface area contributed by atoms with E-state index in [1.807, 2.05) is 0 Å². The van der Waals surface area contributed by atoms with Gasteiger partial charge in [0.1, 0.15) is 0 Å². The third-order valence-corrected chi connectivity index (χ3v) is 4.02. The molecule has 1 saturated heterocycles. The Bertz CT molecular complexity index is 265. The van der Waals surface area contributed by atoms with Gasteiger partial charge in [-0.2, -0.15) is 0 Å². The summed E-state index contributed by atoms with van der Waals surface area (Å²) in [4.78, 5) is 14.0. The Morgan fingerprint density at radius 3 is 2.53 bits per heavy atom. The topological polar surface area (TPSA) is 78.6 Å². The van der Waals surface area contributed by atoms with Gasteiger partial charge in [0.2, 0.25) is 5.91 Å². The fourth-order valence-corrected chi connectivity index (χ4v) is 2.58. The van der Waals surface area contributed by atoms with Crippen LogP contribution in [0.5, 0.6) is 0 Å². The predicted octanol–water partition coefficient (Wildman–Crippen LogP) is -0.559. The highest BCUT2D eigenvalue weighted by molar-refractivity contribution is 5.79. The number of piperidine rings is 1. The van der Waals surface area contributed by atoms with E-state index >= 15 is 0 Å². The Kier molecular flexibility index (Phi) is 4.01. The monoisotopic (exact) mass is 241 g/mol. The van der Waals surface area contributed by atoms with Crippen LogP contribution in [0.15, 0.2) is 0 Å². The number of hydrogen-bond acceptors (Lipinski definition) is 4. The van der Waals surface area contributed by atoms with Crippen molar-refractivity contribution in [3.05, 3.63) is 0 Å². The molecular formula is C12H23N3O2. The number of aliphatic hydroxyl groups excluding tert-OH is 1. The largest absolute Gasteiger partial charge is 0.394 e. The number of aliphatic hydroxyl groups is 1. The molecule has 2 aliphatic rings. The van der Waals surface area contributed by atoms with Gasteiger partial charge in [-0.05, 0) is 32.1 Å². The average Bonchev–Trinajstić information content (AvgIpc) is 2.27. The number of carbonyl (C=O) groups excluding carboxylic acids is 1. The van der Waals surface area contributed by atoms with Gasteiger partial charge in [0.05, 0.1) is 18.7 Å². The molecule has 0 spiro atoms. The first kappa shape index (κ1) is 12.8. The van der Waals surface area contributed by atoms with Crippen molar-refractivity contribution in [1.29, 1.82) is 0 Å². The molecule has 1 aliphatic carbocycles. The first-order valence-corrected chi connectivity index (χ1v) is 6.53. The molecule has 0 aromatic heterocycles. The van der Waals surface area contributed by atoms with Gasteiger partial charge < -0.3 is 16.2 Å². The normalized spacial score (nSPS) is 25.3. The van der Waals surface area contributed by atoms with Crippen molar-refractivity contribution in [1.82, 2.24) is 10.2 Å². The molecule has 0 aromatic carbocycles. The Morgan fingerprint density at radius 1 is 1.41 bits per heavy atom. The first-order valence-electron chi connectivity index (χ1n) is 6.53. The maximum Gasteiger partial charge on any atom is 0.234 e. The second-order valence-electron chi connectivity index (χ2n) is 5.45. The molecule has 17 heavy (non-hydrogen) atoms. The summed E-state index contributed by atoms with van der Waals surface area (Å²) in [7, 11) is 0. The Labute approximate surface area is 102 Å². The van der Waals surface area contributed by atoms with E-state index in [9.17, 15) is 9.90 Å². The van der Waals surface area contributed by atoms with Gasteiger partial charge >= 0.3 is 0 Å². The van der Waals surface area contributed by atoms with Crippen molar-refractivity contribution in [3.63, 3.8) is 0 Å². The lowest BCUT2D eigenvalue weighted by Crippen LogP contribution is -2.58. The zero-order chi connectivity index (χ0) is 12.3. The second-order valence-corrected chi connectivity index (χ2v) is 5.45. The molecule has 0 unspecified atom stereocenters.